The predicted octanol–water partition coefficient (Wildman–Crippen LogP) is 3.27. The second-order valence-corrected chi connectivity index (χ2v) is 6.02. The highest BCUT2D eigenvalue weighted by Gasteiger charge is 2.07. The summed E-state index contributed by atoms with van der Waals surface area (Å²) in [6.07, 6.45) is 2.64. The van der Waals surface area contributed by atoms with Crippen LogP contribution in [0.15, 0.2) is 52.1 Å². The van der Waals surface area contributed by atoms with Gasteiger partial charge in [0.15, 0.2) is 0 Å². The van der Waals surface area contributed by atoms with Gasteiger partial charge >= 0.3 is 5.97 Å². The van der Waals surface area contributed by atoms with Crippen LogP contribution in [0.3, 0.4) is 0 Å². The van der Waals surface area contributed by atoms with E-state index in [1.807, 2.05) is 24.3 Å². The number of halogens is 1. The number of carbonyl (C=O) groups is 2. The molecule has 21 heavy (non-hydrogen) atoms. The molecular formula is C14H11BrN2O3S. The van der Waals surface area contributed by atoms with Gasteiger partial charge in [-0.25, -0.2) is 4.79 Å². The molecule has 0 saturated carbocycles. The quantitative estimate of drug-likeness (QED) is 0.793. The fraction of sp³-hybridized carbons (Fsp3) is 0.0714. The first-order valence-corrected chi connectivity index (χ1v) is 7.69. The van der Waals surface area contributed by atoms with Gasteiger partial charge in [0.1, 0.15) is 0 Å². The number of carbonyl (C=O) groups excluding carboxylic acids is 1. The van der Waals surface area contributed by atoms with Gasteiger partial charge in [-0.1, -0.05) is 15.9 Å². The Morgan fingerprint density at radius 1 is 1.24 bits per heavy atom. The van der Waals surface area contributed by atoms with Crippen LogP contribution < -0.4 is 5.32 Å². The predicted molar refractivity (Wildman–Crippen MR) is 84.7 cm³/mol. The summed E-state index contributed by atoms with van der Waals surface area (Å²) in [4.78, 5) is 27.4. The maximum atomic E-state index is 11.8. The molecule has 5 nitrogen and oxygen atoms in total. The number of rotatable bonds is 5. The fourth-order valence-corrected chi connectivity index (χ4v) is 2.46. The molecule has 0 fully saturated rings. The summed E-state index contributed by atoms with van der Waals surface area (Å²) in [5.74, 6) is -1.06. The minimum absolute atomic E-state index is 0.0355. The molecular weight excluding hydrogens is 356 g/mol. The van der Waals surface area contributed by atoms with Gasteiger partial charge in [0, 0.05) is 15.6 Å². The number of carboxylic acids is 1. The zero-order valence-corrected chi connectivity index (χ0v) is 13.1. The van der Waals surface area contributed by atoms with Gasteiger partial charge in [-0.3, -0.25) is 9.78 Å². The van der Waals surface area contributed by atoms with Crippen LogP contribution in [0.5, 0.6) is 0 Å². The monoisotopic (exact) mass is 366 g/mol. The number of carboxylic acid groups (broad SMARTS) is 1. The third-order valence-corrected chi connectivity index (χ3v) is 3.99. The Kier molecular flexibility index (Phi) is 5.35. The van der Waals surface area contributed by atoms with E-state index in [2.05, 4.69) is 26.2 Å². The lowest BCUT2D eigenvalue weighted by molar-refractivity contribution is -0.113. The zero-order chi connectivity index (χ0) is 15.2. The number of pyridine rings is 1. The minimum Gasteiger partial charge on any atom is -0.478 e. The van der Waals surface area contributed by atoms with Gasteiger partial charge in [-0.15, -0.1) is 11.8 Å². The van der Waals surface area contributed by atoms with Crippen molar-refractivity contribution in [3.8, 4) is 0 Å². The van der Waals surface area contributed by atoms with Crippen LogP contribution in [0.4, 0.5) is 5.69 Å². The van der Waals surface area contributed by atoms with Crippen LogP contribution in [0.1, 0.15) is 10.4 Å². The van der Waals surface area contributed by atoms with Crippen molar-refractivity contribution in [2.45, 2.75) is 4.90 Å². The van der Waals surface area contributed by atoms with Crippen LogP contribution in [-0.2, 0) is 4.79 Å². The highest BCUT2D eigenvalue weighted by atomic mass is 79.9. The fourth-order valence-electron chi connectivity index (χ4n) is 1.50. The lowest BCUT2D eigenvalue weighted by Gasteiger charge is -2.05. The van der Waals surface area contributed by atoms with Crippen molar-refractivity contribution in [3.63, 3.8) is 0 Å². The summed E-state index contributed by atoms with van der Waals surface area (Å²) in [6, 6.07) is 9.00. The molecule has 2 rings (SSSR count). The highest BCUT2D eigenvalue weighted by molar-refractivity contribution is 9.10. The highest BCUT2D eigenvalue weighted by Crippen LogP contribution is 2.20. The van der Waals surface area contributed by atoms with Crippen LogP contribution in [0.2, 0.25) is 0 Å². The van der Waals surface area contributed by atoms with Crippen molar-refractivity contribution >= 4 is 45.3 Å². The molecule has 2 N–H and O–H groups in total. The third-order valence-electron chi connectivity index (χ3n) is 2.45. The molecule has 0 aliphatic rings. The maximum Gasteiger partial charge on any atom is 0.337 e. The smallest absolute Gasteiger partial charge is 0.337 e. The standard InChI is InChI=1S/C14H11BrN2O3S/c15-10-1-3-12(4-2-10)21-8-13(18)17-11-5-9(14(19)20)6-16-7-11/h1-7H,8H2,(H,17,18)(H,19,20). The summed E-state index contributed by atoms with van der Waals surface area (Å²) in [5, 5.41) is 11.5. The molecule has 7 heteroatoms. The summed E-state index contributed by atoms with van der Waals surface area (Å²) >= 11 is 4.74. The van der Waals surface area contributed by atoms with E-state index < -0.39 is 5.97 Å². The van der Waals surface area contributed by atoms with Crippen molar-refractivity contribution in [1.29, 1.82) is 0 Å². The topological polar surface area (TPSA) is 79.3 Å². The minimum atomic E-state index is -1.08. The van der Waals surface area contributed by atoms with E-state index in [1.165, 1.54) is 30.2 Å². The number of aromatic carboxylic acids is 1. The molecule has 0 atom stereocenters. The number of benzene rings is 1. The lowest BCUT2D eigenvalue weighted by Crippen LogP contribution is -2.14. The first kappa shape index (κ1) is 15.5. The average Bonchev–Trinajstić information content (AvgIpc) is 2.47. The Balaban J connectivity index is 1.91. The molecule has 0 spiro atoms. The van der Waals surface area contributed by atoms with E-state index in [9.17, 15) is 9.59 Å². The van der Waals surface area contributed by atoms with E-state index in [1.54, 1.807) is 0 Å². The molecule has 0 unspecified atom stereocenters. The van der Waals surface area contributed by atoms with Crippen molar-refractivity contribution in [1.82, 2.24) is 4.98 Å². The number of aromatic nitrogens is 1. The normalized spacial score (nSPS) is 10.1. The number of nitrogens with zero attached hydrogens (tertiary/aromatic N) is 1. The molecule has 1 amide bonds. The molecule has 2 aromatic rings. The number of hydrogen-bond donors (Lipinski definition) is 2. The lowest BCUT2D eigenvalue weighted by atomic mass is 10.2. The van der Waals surface area contributed by atoms with Crippen LogP contribution >= 0.6 is 27.7 Å². The van der Waals surface area contributed by atoms with E-state index >= 15 is 0 Å². The number of amides is 1. The molecule has 108 valence electrons. The molecule has 0 aliphatic heterocycles. The van der Waals surface area contributed by atoms with E-state index in [0.29, 0.717) is 5.69 Å². The SMILES string of the molecule is O=C(CSc1ccc(Br)cc1)Nc1cncc(C(=O)O)c1. The van der Waals surface area contributed by atoms with Gasteiger partial charge in [0.2, 0.25) is 5.91 Å². The van der Waals surface area contributed by atoms with Crippen LogP contribution in [0, 0.1) is 0 Å². The molecule has 0 bridgehead atoms. The van der Waals surface area contributed by atoms with E-state index in [0.717, 1.165) is 9.37 Å². The Morgan fingerprint density at radius 2 is 1.95 bits per heavy atom. The Labute approximate surface area is 133 Å². The largest absolute Gasteiger partial charge is 0.478 e. The van der Waals surface area contributed by atoms with Crippen molar-refractivity contribution < 1.29 is 14.7 Å². The average molecular weight is 367 g/mol. The van der Waals surface area contributed by atoms with Gasteiger partial charge in [0.25, 0.3) is 0 Å². The second kappa shape index (κ2) is 7.24. The summed E-state index contributed by atoms with van der Waals surface area (Å²) in [7, 11) is 0. The third kappa shape index (κ3) is 4.87. The van der Waals surface area contributed by atoms with Crippen molar-refractivity contribution in [3.05, 3.63) is 52.8 Å². The summed E-state index contributed by atoms with van der Waals surface area (Å²) < 4.78 is 0.980. The molecule has 0 aliphatic carbocycles. The number of hydrogen-bond acceptors (Lipinski definition) is 4. The number of thioether (sulfide) groups is 1. The van der Waals surface area contributed by atoms with Gasteiger partial charge < -0.3 is 10.4 Å². The van der Waals surface area contributed by atoms with Gasteiger partial charge in [0.05, 0.1) is 23.2 Å². The van der Waals surface area contributed by atoms with Crippen LogP contribution in [-0.4, -0.2) is 27.7 Å². The van der Waals surface area contributed by atoms with Crippen molar-refractivity contribution in [2.75, 3.05) is 11.1 Å². The molecule has 0 saturated heterocycles. The Hall–Kier alpha value is -1.86. The second-order valence-electron chi connectivity index (χ2n) is 4.06. The summed E-state index contributed by atoms with van der Waals surface area (Å²) in [5.41, 5.74) is 0.407. The van der Waals surface area contributed by atoms with E-state index in [-0.39, 0.29) is 17.2 Å². The maximum absolute atomic E-state index is 11.8. The molecule has 1 aromatic heterocycles. The first-order chi connectivity index (χ1) is 10.0. The van der Waals surface area contributed by atoms with Crippen LogP contribution in [0.25, 0.3) is 0 Å². The Bertz CT molecular complexity index is 662. The Morgan fingerprint density at radius 3 is 2.62 bits per heavy atom. The molecule has 1 heterocycles. The van der Waals surface area contributed by atoms with Gasteiger partial charge in [-0.05, 0) is 30.3 Å². The summed E-state index contributed by atoms with van der Waals surface area (Å²) in [6.45, 7) is 0. The molecule has 0 radical (unpaired) electrons. The number of nitrogens with one attached hydrogen (secondary N) is 1. The van der Waals surface area contributed by atoms with Crippen molar-refractivity contribution in [2.24, 2.45) is 0 Å². The molecule has 1 aromatic carbocycles. The zero-order valence-electron chi connectivity index (χ0n) is 10.7. The van der Waals surface area contributed by atoms with E-state index in [4.69, 9.17) is 5.11 Å². The first-order valence-electron chi connectivity index (χ1n) is 5.91. The number of anilines is 1. The van der Waals surface area contributed by atoms with Gasteiger partial charge in [-0.2, -0.15) is 0 Å².